The average Bonchev–Trinajstić information content (AvgIpc) is 3.07. The van der Waals surface area contributed by atoms with Crippen LogP contribution in [-0.2, 0) is 12.8 Å². The molecule has 3 aromatic rings. The minimum absolute atomic E-state index is 0.0782. The summed E-state index contributed by atoms with van der Waals surface area (Å²) < 4.78 is 5.43. The van der Waals surface area contributed by atoms with Gasteiger partial charge < -0.3 is 19.8 Å². The van der Waals surface area contributed by atoms with Crippen molar-refractivity contribution in [2.24, 2.45) is 5.92 Å². The van der Waals surface area contributed by atoms with Gasteiger partial charge in [0.25, 0.3) is 5.91 Å². The number of para-hydroxylation sites is 1. The van der Waals surface area contributed by atoms with Crippen molar-refractivity contribution in [2.45, 2.75) is 45.1 Å². The van der Waals surface area contributed by atoms with E-state index in [9.17, 15) is 14.7 Å². The number of hydrogen-bond donors (Lipinski definition) is 3. The lowest BCUT2D eigenvalue weighted by Crippen LogP contribution is -2.34. The number of H-pyrrole nitrogens is 1. The Morgan fingerprint density at radius 1 is 1.28 bits per heavy atom. The Bertz CT molecular complexity index is 1080. The molecule has 3 N–H and O–H groups in total. The zero-order chi connectivity index (χ0) is 20.4. The maximum Gasteiger partial charge on any atom is 0.349 e. The van der Waals surface area contributed by atoms with Gasteiger partial charge >= 0.3 is 5.63 Å². The standard InChI is InChI=1S/C23H26N2O4/c1-14-10-18(7-6-16-13-25-20-5-3-2-4-19(16)20)29-23(28)21(14)22(27)24-9-8-15-11-17(26)12-15/h2-5,10,13,15,17,25-26H,6-9,11-12H2,1H3,(H,24,27). The summed E-state index contributed by atoms with van der Waals surface area (Å²) in [4.78, 5) is 28.1. The van der Waals surface area contributed by atoms with Gasteiger partial charge in [0.05, 0.1) is 6.10 Å². The first-order chi connectivity index (χ1) is 14.0. The third-order valence-electron chi connectivity index (χ3n) is 5.79. The molecule has 0 unspecified atom stereocenters. The molecule has 0 radical (unpaired) electrons. The summed E-state index contributed by atoms with van der Waals surface area (Å²) in [6.45, 7) is 2.26. The van der Waals surface area contributed by atoms with Gasteiger partial charge in [0.1, 0.15) is 11.3 Å². The molecule has 4 rings (SSSR count). The minimum atomic E-state index is -0.588. The number of carbonyl (C=O) groups excluding carboxylic acids is 1. The van der Waals surface area contributed by atoms with Gasteiger partial charge in [-0.3, -0.25) is 4.79 Å². The highest BCUT2D eigenvalue weighted by Gasteiger charge is 2.26. The first-order valence-electron chi connectivity index (χ1n) is 10.2. The highest BCUT2D eigenvalue weighted by Crippen LogP contribution is 2.29. The van der Waals surface area contributed by atoms with Crippen LogP contribution in [0, 0.1) is 12.8 Å². The maximum absolute atomic E-state index is 12.4. The van der Waals surface area contributed by atoms with Crippen molar-refractivity contribution >= 4 is 16.8 Å². The molecule has 1 amide bonds. The van der Waals surface area contributed by atoms with E-state index < -0.39 is 5.63 Å². The van der Waals surface area contributed by atoms with E-state index in [0.717, 1.165) is 31.2 Å². The second-order valence-electron chi connectivity index (χ2n) is 7.95. The number of amides is 1. The normalized spacial score (nSPS) is 18.6. The number of aromatic amines is 1. The molecular weight excluding hydrogens is 368 g/mol. The summed E-state index contributed by atoms with van der Waals surface area (Å²) in [5.41, 5.74) is 2.38. The first kappa shape index (κ1) is 19.5. The van der Waals surface area contributed by atoms with Crippen molar-refractivity contribution in [2.75, 3.05) is 6.54 Å². The minimum Gasteiger partial charge on any atom is -0.427 e. The molecule has 1 saturated carbocycles. The van der Waals surface area contributed by atoms with Crippen LogP contribution in [0.15, 0.2) is 45.7 Å². The molecule has 0 saturated heterocycles. The summed E-state index contributed by atoms with van der Waals surface area (Å²) >= 11 is 0. The van der Waals surface area contributed by atoms with Crippen LogP contribution in [0.3, 0.4) is 0 Å². The number of carbonyl (C=O) groups is 1. The monoisotopic (exact) mass is 394 g/mol. The number of aromatic nitrogens is 1. The molecule has 6 nitrogen and oxygen atoms in total. The lowest BCUT2D eigenvalue weighted by atomic mass is 9.80. The quantitative estimate of drug-likeness (QED) is 0.574. The fourth-order valence-electron chi connectivity index (χ4n) is 4.08. The largest absolute Gasteiger partial charge is 0.427 e. The third kappa shape index (κ3) is 4.27. The van der Waals surface area contributed by atoms with Crippen LogP contribution in [0.25, 0.3) is 10.9 Å². The van der Waals surface area contributed by atoms with E-state index in [1.807, 2.05) is 24.4 Å². The lowest BCUT2D eigenvalue weighted by molar-refractivity contribution is 0.0393. The van der Waals surface area contributed by atoms with Crippen LogP contribution in [0.2, 0.25) is 0 Å². The van der Waals surface area contributed by atoms with Gasteiger partial charge in [-0.2, -0.15) is 0 Å². The van der Waals surface area contributed by atoms with Crippen molar-refractivity contribution in [1.82, 2.24) is 10.3 Å². The van der Waals surface area contributed by atoms with Crippen LogP contribution in [0.4, 0.5) is 0 Å². The number of aliphatic hydroxyl groups excluding tert-OH is 1. The molecule has 0 bridgehead atoms. The van der Waals surface area contributed by atoms with E-state index in [0.29, 0.717) is 30.2 Å². The molecule has 1 aliphatic rings. The second-order valence-corrected chi connectivity index (χ2v) is 7.95. The van der Waals surface area contributed by atoms with E-state index in [-0.39, 0.29) is 17.6 Å². The Hall–Kier alpha value is -2.86. The third-order valence-corrected chi connectivity index (χ3v) is 5.79. The molecule has 0 aliphatic heterocycles. The molecular formula is C23H26N2O4. The van der Waals surface area contributed by atoms with Crippen LogP contribution >= 0.6 is 0 Å². The molecule has 152 valence electrons. The van der Waals surface area contributed by atoms with Crippen molar-refractivity contribution in [1.29, 1.82) is 0 Å². The van der Waals surface area contributed by atoms with Gasteiger partial charge in [-0.15, -0.1) is 0 Å². The van der Waals surface area contributed by atoms with E-state index in [1.54, 1.807) is 13.0 Å². The summed E-state index contributed by atoms with van der Waals surface area (Å²) in [5.74, 6) is 0.645. The number of nitrogens with one attached hydrogen (secondary N) is 2. The Morgan fingerprint density at radius 2 is 2.07 bits per heavy atom. The van der Waals surface area contributed by atoms with E-state index in [2.05, 4.69) is 16.4 Å². The maximum atomic E-state index is 12.4. The number of fused-ring (bicyclic) bond motifs is 1. The van der Waals surface area contributed by atoms with Crippen LogP contribution in [0.1, 0.15) is 46.5 Å². The molecule has 2 aromatic heterocycles. The molecule has 0 spiro atoms. The van der Waals surface area contributed by atoms with Gasteiger partial charge in [0, 0.05) is 30.1 Å². The predicted molar refractivity (Wildman–Crippen MR) is 111 cm³/mol. The number of rotatable bonds is 7. The zero-order valence-electron chi connectivity index (χ0n) is 16.5. The van der Waals surface area contributed by atoms with Gasteiger partial charge in [-0.1, -0.05) is 18.2 Å². The van der Waals surface area contributed by atoms with Crippen molar-refractivity contribution in [3.05, 3.63) is 69.4 Å². The number of aliphatic hydroxyl groups is 1. The summed E-state index contributed by atoms with van der Waals surface area (Å²) in [6.07, 6.45) is 5.52. The number of hydrogen-bond acceptors (Lipinski definition) is 4. The van der Waals surface area contributed by atoms with Gasteiger partial charge in [-0.25, -0.2) is 4.79 Å². The van der Waals surface area contributed by atoms with Gasteiger partial charge in [0.2, 0.25) is 0 Å². The predicted octanol–water partition coefficient (Wildman–Crippen LogP) is 3.11. The van der Waals surface area contributed by atoms with Crippen LogP contribution < -0.4 is 10.9 Å². The molecule has 1 aliphatic carbocycles. The molecule has 1 fully saturated rings. The molecule has 1 aromatic carbocycles. The Labute approximate surface area is 168 Å². The fraction of sp³-hybridized carbons (Fsp3) is 0.391. The van der Waals surface area contributed by atoms with Gasteiger partial charge in [0.15, 0.2) is 0 Å². The second kappa shape index (κ2) is 8.25. The molecule has 0 atom stereocenters. The van der Waals surface area contributed by atoms with Crippen molar-refractivity contribution in [3.8, 4) is 0 Å². The SMILES string of the molecule is Cc1cc(CCc2c[nH]c3ccccc23)oc(=O)c1C(=O)NCCC1CC(O)C1. The Morgan fingerprint density at radius 3 is 2.83 bits per heavy atom. The number of benzene rings is 1. The summed E-state index contributed by atoms with van der Waals surface area (Å²) in [5, 5.41) is 13.3. The Balaban J connectivity index is 1.38. The zero-order valence-corrected chi connectivity index (χ0v) is 16.5. The summed E-state index contributed by atoms with van der Waals surface area (Å²) in [6, 6.07) is 9.88. The van der Waals surface area contributed by atoms with Crippen molar-refractivity contribution in [3.63, 3.8) is 0 Å². The average molecular weight is 394 g/mol. The molecule has 29 heavy (non-hydrogen) atoms. The lowest BCUT2D eigenvalue weighted by Gasteiger charge is -2.31. The fourth-order valence-corrected chi connectivity index (χ4v) is 4.08. The highest BCUT2D eigenvalue weighted by molar-refractivity contribution is 5.95. The number of aryl methyl sites for hydroxylation is 3. The van der Waals surface area contributed by atoms with E-state index in [4.69, 9.17) is 4.42 Å². The summed E-state index contributed by atoms with van der Waals surface area (Å²) in [7, 11) is 0. The molecule has 6 heteroatoms. The highest BCUT2D eigenvalue weighted by atomic mass is 16.4. The van der Waals surface area contributed by atoms with Crippen LogP contribution in [-0.4, -0.2) is 28.6 Å². The Kier molecular flexibility index (Phi) is 5.53. The first-order valence-corrected chi connectivity index (χ1v) is 10.2. The topological polar surface area (TPSA) is 95.3 Å². The van der Waals surface area contributed by atoms with E-state index >= 15 is 0 Å². The van der Waals surface area contributed by atoms with Crippen LogP contribution in [0.5, 0.6) is 0 Å². The van der Waals surface area contributed by atoms with Gasteiger partial charge in [-0.05, 0) is 61.8 Å². The smallest absolute Gasteiger partial charge is 0.349 e. The molecule has 2 heterocycles. The van der Waals surface area contributed by atoms with Crippen molar-refractivity contribution < 1.29 is 14.3 Å². The van der Waals surface area contributed by atoms with E-state index in [1.165, 1.54) is 10.9 Å².